The van der Waals surface area contributed by atoms with Gasteiger partial charge in [0.25, 0.3) is 0 Å². The molecule has 0 aliphatic rings. The average Bonchev–Trinajstić information content (AvgIpc) is 2.59. The molecule has 0 aliphatic carbocycles. The van der Waals surface area contributed by atoms with Crippen molar-refractivity contribution >= 4 is 48.5 Å². The van der Waals surface area contributed by atoms with Crippen molar-refractivity contribution in [1.29, 1.82) is 0 Å². The summed E-state index contributed by atoms with van der Waals surface area (Å²) in [5.41, 5.74) is 0.766. The maximum Gasteiger partial charge on any atom is 0.236 e. The highest BCUT2D eigenvalue weighted by molar-refractivity contribution is 9.09. The average molecular weight is 287 g/mol. The Balaban J connectivity index is 2.34. The van der Waals surface area contributed by atoms with Crippen molar-refractivity contribution in [2.24, 2.45) is 0 Å². The third-order valence-electron chi connectivity index (χ3n) is 1.74. The minimum Gasteiger partial charge on any atom is -0.508 e. The number of carbonyl (C=O) groups excluding carboxylic acids is 1. The van der Waals surface area contributed by atoms with Gasteiger partial charge in [0.15, 0.2) is 5.13 Å². The number of benzene rings is 1. The van der Waals surface area contributed by atoms with Crippen LogP contribution in [0, 0.1) is 0 Å². The van der Waals surface area contributed by atoms with Gasteiger partial charge in [-0.15, -0.1) is 0 Å². The molecule has 2 N–H and O–H groups in total. The molecule has 2 rings (SSSR count). The Bertz CT molecular complexity index is 512. The summed E-state index contributed by atoms with van der Waals surface area (Å²) in [6.07, 6.45) is 0. The predicted octanol–water partition coefficient (Wildman–Crippen LogP) is 2.34. The summed E-state index contributed by atoms with van der Waals surface area (Å²) in [6.45, 7) is 0. The summed E-state index contributed by atoms with van der Waals surface area (Å²) in [4.78, 5) is 15.3. The first-order valence-electron chi connectivity index (χ1n) is 4.14. The second-order valence-corrected chi connectivity index (χ2v) is 4.44. The van der Waals surface area contributed by atoms with E-state index in [9.17, 15) is 9.90 Å². The Labute approximate surface area is 98.1 Å². The van der Waals surface area contributed by atoms with E-state index in [-0.39, 0.29) is 17.0 Å². The second-order valence-electron chi connectivity index (χ2n) is 2.85. The number of hydrogen-bond acceptors (Lipinski definition) is 4. The molecule has 0 unspecified atom stereocenters. The molecular formula is C9H7BrN2O2S. The molecule has 4 nitrogen and oxygen atoms in total. The van der Waals surface area contributed by atoms with Gasteiger partial charge in [-0.1, -0.05) is 27.3 Å². The van der Waals surface area contributed by atoms with Crippen molar-refractivity contribution in [3.63, 3.8) is 0 Å². The molecule has 0 aliphatic heterocycles. The molecule has 1 aromatic heterocycles. The van der Waals surface area contributed by atoms with Crippen molar-refractivity contribution in [2.45, 2.75) is 0 Å². The van der Waals surface area contributed by atoms with E-state index < -0.39 is 0 Å². The fraction of sp³-hybridized carbons (Fsp3) is 0.111. The Kier molecular flexibility index (Phi) is 2.88. The van der Waals surface area contributed by atoms with Gasteiger partial charge in [-0.25, -0.2) is 4.98 Å². The topological polar surface area (TPSA) is 62.2 Å². The number of phenols is 1. The van der Waals surface area contributed by atoms with E-state index in [0.29, 0.717) is 5.13 Å². The molecule has 78 valence electrons. The van der Waals surface area contributed by atoms with E-state index in [0.717, 1.165) is 10.2 Å². The quantitative estimate of drug-likeness (QED) is 0.833. The van der Waals surface area contributed by atoms with Crippen molar-refractivity contribution < 1.29 is 9.90 Å². The molecule has 0 spiro atoms. The standard InChI is InChI=1S/C9H7BrN2O2S/c10-4-8(14)12-9-11-6-2-1-5(13)3-7(6)15-9/h1-3,13H,4H2,(H,11,12,14). The second kappa shape index (κ2) is 4.16. The van der Waals surface area contributed by atoms with Crippen LogP contribution in [0.3, 0.4) is 0 Å². The Morgan fingerprint density at radius 2 is 2.40 bits per heavy atom. The van der Waals surface area contributed by atoms with Crippen LogP contribution in [0.5, 0.6) is 5.75 Å². The molecule has 0 radical (unpaired) electrons. The zero-order chi connectivity index (χ0) is 10.8. The maximum atomic E-state index is 11.1. The largest absolute Gasteiger partial charge is 0.508 e. The van der Waals surface area contributed by atoms with E-state index in [1.54, 1.807) is 18.2 Å². The lowest BCUT2D eigenvalue weighted by atomic mass is 10.3. The number of nitrogens with one attached hydrogen (secondary N) is 1. The van der Waals surface area contributed by atoms with Crippen LogP contribution in [0.1, 0.15) is 0 Å². The first-order valence-corrected chi connectivity index (χ1v) is 6.08. The van der Waals surface area contributed by atoms with E-state index in [4.69, 9.17) is 0 Å². The van der Waals surface area contributed by atoms with Gasteiger partial charge in [-0.3, -0.25) is 4.79 Å². The number of aromatic hydroxyl groups is 1. The highest BCUT2D eigenvalue weighted by atomic mass is 79.9. The number of thiazole rings is 1. The molecule has 1 aromatic carbocycles. The van der Waals surface area contributed by atoms with Gasteiger partial charge in [-0.2, -0.15) is 0 Å². The van der Waals surface area contributed by atoms with Crippen LogP contribution >= 0.6 is 27.3 Å². The van der Waals surface area contributed by atoms with Gasteiger partial charge < -0.3 is 10.4 Å². The smallest absolute Gasteiger partial charge is 0.236 e. The zero-order valence-corrected chi connectivity index (χ0v) is 9.93. The lowest BCUT2D eigenvalue weighted by molar-refractivity contribution is -0.113. The van der Waals surface area contributed by atoms with Crippen molar-refractivity contribution in [3.8, 4) is 5.75 Å². The summed E-state index contributed by atoms with van der Waals surface area (Å²) in [5.74, 6) is 0.0581. The fourth-order valence-corrected chi connectivity index (χ4v) is 2.17. The lowest BCUT2D eigenvalue weighted by Gasteiger charge is -1.94. The number of carbonyl (C=O) groups is 1. The molecule has 0 saturated heterocycles. The highest BCUT2D eigenvalue weighted by Crippen LogP contribution is 2.28. The lowest BCUT2D eigenvalue weighted by Crippen LogP contribution is -2.11. The molecule has 0 saturated carbocycles. The number of rotatable bonds is 2. The number of amides is 1. The van der Waals surface area contributed by atoms with Gasteiger partial charge in [-0.05, 0) is 18.2 Å². The zero-order valence-electron chi connectivity index (χ0n) is 7.53. The van der Waals surface area contributed by atoms with Gasteiger partial charge in [0.2, 0.25) is 5.91 Å². The molecule has 0 bridgehead atoms. The van der Waals surface area contributed by atoms with Crippen molar-refractivity contribution in [2.75, 3.05) is 10.6 Å². The number of anilines is 1. The number of fused-ring (bicyclic) bond motifs is 1. The van der Waals surface area contributed by atoms with Crippen LogP contribution in [0.15, 0.2) is 18.2 Å². The van der Waals surface area contributed by atoms with Gasteiger partial charge in [0.1, 0.15) is 5.75 Å². The van der Waals surface area contributed by atoms with Crippen LogP contribution in [-0.4, -0.2) is 21.3 Å². The SMILES string of the molecule is O=C(CBr)Nc1nc2ccc(O)cc2s1. The fourth-order valence-electron chi connectivity index (χ4n) is 1.12. The van der Waals surface area contributed by atoms with E-state index in [1.165, 1.54) is 11.3 Å². The third-order valence-corrected chi connectivity index (χ3v) is 3.18. The Hall–Kier alpha value is -1.14. The third kappa shape index (κ3) is 2.27. The molecule has 2 aromatic rings. The van der Waals surface area contributed by atoms with Crippen LogP contribution < -0.4 is 5.32 Å². The molecular weight excluding hydrogens is 280 g/mol. The molecule has 15 heavy (non-hydrogen) atoms. The van der Waals surface area contributed by atoms with Crippen molar-refractivity contribution in [1.82, 2.24) is 4.98 Å². The first kappa shape index (κ1) is 10.4. The summed E-state index contributed by atoms with van der Waals surface area (Å²) in [6, 6.07) is 4.90. The van der Waals surface area contributed by atoms with E-state index >= 15 is 0 Å². The number of nitrogens with zero attached hydrogens (tertiary/aromatic N) is 1. The normalized spacial score (nSPS) is 10.5. The molecule has 6 heteroatoms. The minimum absolute atomic E-state index is 0.140. The summed E-state index contributed by atoms with van der Waals surface area (Å²) in [7, 11) is 0. The molecule has 0 fully saturated rings. The van der Waals surface area contributed by atoms with Crippen LogP contribution in [0.2, 0.25) is 0 Å². The molecule has 1 heterocycles. The van der Waals surface area contributed by atoms with E-state index in [2.05, 4.69) is 26.2 Å². The van der Waals surface area contributed by atoms with Gasteiger partial charge >= 0.3 is 0 Å². The predicted molar refractivity (Wildman–Crippen MR) is 63.7 cm³/mol. The van der Waals surface area contributed by atoms with E-state index in [1.807, 2.05) is 0 Å². The van der Waals surface area contributed by atoms with Gasteiger partial charge in [0.05, 0.1) is 15.5 Å². The minimum atomic E-state index is -0.140. The van der Waals surface area contributed by atoms with Crippen molar-refractivity contribution in [3.05, 3.63) is 18.2 Å². The highest BCUT2D eigenvalue weighted by Gasteiger charge is 2.06. The first-order chi connectivity index (χ1) is 7.19. The maximum absolute atomic E-state index is 11.1. The summed E-state index contributed by atoms with van der Waals surface area (Å²) >= 11 is 4.38. The van der Waals surface area contributed by atoms with Crippen LogP contribution in [-0.2, 0) is 4.79 Å². The molecule has 0 atom stereocenters. The van der Waals surface area contributed by atoms with Crippen LogP contribution in [0.25, 0.3) is 10.2 Å². The number of aromatic nitrogens is 1. The monoisotopic (exact) mass is 286 g/mol. The number of hydrogen-bond donors (Lipinski definition) is 2. The van der Waals surface area contributed by atoms with Crippen LogP contribution in [0.4, 0.5) is 5.13 Å². The molecule has 1 amide bonds. The Morgan fingerprint density at radius 1 is 1.60 bits per heavy atom. The van der Waals surface area contributed by atoms with Gasteiger partial charge in [0, 0.05) is 0 Å². The Morgan fingerprint density at radius 3 is 3.13 bits per heavy atom. The number of halogens is 1. The summed E-state index contributed by atoms with van der Waals surface area (Å²) in [5, 5.41) is 12.7. The summed E-state index contributed by atoms with van der Waals surface area (Å²) < 4.78 is 0.847. The number of phenolic OH excluding ortho intramolecular Hbond substituents is 1. The number of alkyl halides is 1.